The molecular weight excluding hydrogens is 120 g/mol. The molecule has 0 aromatic heterocycles. The molecule has 0 fully saturated rings. The molecule has 0 unspecified atom stereocenters. The molecule has 0 aromatic rings. The lowest BCUT2D eigenvalue weighted by Crippen LogP contribution is -2.24. The smallest absolute Gasteiger partial charge is 0.106 e. The van der Waals surface area contributed by atoms with Crippen LogP contribution in [0.3, 0.4) is 0 Å². The van der Waals surface area contributed by atoms with Gasteiger partial charge in [-0.2, -0.15) is 0 Å². The molecule has 0 N–H and O–H groups in total. The third-order valence-corrected chi connectivity index (χ3v) is 0.936. The van der Waals surface area contributed by atoms with Crippen molar-refractivity contribution >= 4 is 5.97 Å². The molecule has 0 aromatic carbocycles. The second-order valence-electron chi connectivity index (χ2n) is 1.60. The number of hydrogen-bond acceptors (Lipinski definition) is 3. The number of hydrogen-bond donors (Lipinski definition) is 0. The SMILES string of the molecule is O=C([O-])C1=COCC=C1. The van der Waals surface area contributed by atoms with E-state index in [1.165, 1.54) is 12.3 Å². The van der Waals surface area contributed by atoms with Crippen molar-refractivity contribution in [2.24, 2.45) is 0 Å². The fourth-order valence-electron chi connectivity index (χ4n) is 0.524. The molecule has 48 valence electrons. The Bertz CT molecular complexity index is 179. The molecule has 3 nitrogen and oxygen atoms in total. The maximum Gasteiger partial charge on any atom is 0.106 e. The molecule has 0 bridgehead atoms. The van der Waals surface area contributed by atoms with E-state index >= 15 is 0 Å². The average Bonchev–Trinajstić information content (AvgIpc) is 1.90. The van der Waals surface area contributed by atoms with Crippen LogP contribution in [0, 0.1) is 0 Å². The first-order chi connectivity index (χ1) is 4.30. The monoisotopic (exact) mass is 125 g/mol. The van der Waals surface area contributed by atoms with Crippen LogP contribution in [0.15, 0.2) is 24.0 Å². The normalized spacial score (nSPS) is 16.2. The van der Waals surface area contributed by atoms with Gasteiger partial charge in [0, 0.05) is 5.57 Å². The topological polar surface area (TPSA) is 49.4 Å². The van der Waals surface area contributed by atoms with E-state index < -0.39 is 5.97 Å². The number of carboxylic acids is 1. The van der Waals surface area contributed by atoms with Crippen molar-refractivity contribution in [1.82, 2.24) is 0 Å². The Morgan fingerprint density at radius 2 is 2.56 bits per heavy atom. The third kappa shape index (κ3) is 1.32. The molecule has 0 amide bonds. The fraction of sp³-hybridized carbons (Fsp3) is 0.167. The van der Waals surface area contributed by atoms with Crippen molar-refractivity contribution in [1.29, 1.82) is 0 Å². The Kier molecular flexibility index (Phi) is 1.53. The predicted molar refractivity (Wildman–Crippen MR) is 28.2 cm³/mol. The summed E-state index contributed by atoms with van der Waals surface area (Å²) in [5.41, 5.74) is 0.0845. The minimum atomic E-state index is -1.20. The summed E-state index contributed by atoms with van der Waals surface area (Å²) in [6, 6.07) is 0. The lowest BCUT2D eigenvalue weighted by atomic mass is 10.2. The van der Waals surface area contributed by atoms with Gasteiger partial charge in [-0.1, -0.05) is 6.08 Å². The summed E-state index contributed by atoms with van der Waals surface area (Å²) in [5.74, 6) is -1.20. The summed E-state index contributed by atoms with van der Waals surface area (Å²) in [5, 5.41) is 10.0. The summed E-state index contributed by atoms with van der Waals surface area (Å²) < 4.78 is 4.67. The molecule has 0 saturated carbocycles. The van der Waals surface area contributed by atoms with Gasteiger partial charge >= 0.3 is 0 Å². The van der Waals surface area contributed by atoms with E-state index in [9.17, 15) is 9.90 Å². The van der Waals surface area contributed by atoms with Gasteiger partial charge in [-0.05, 0) is 6.08 Å². The highest BCUT2D eigenvalue weighted by Gasteiger charge is 1.95. The van der Waals surface area contributed by atoms with Crippen LogP contribution in [0.2, 0.25) is 0 Å². The maximum absolute atomic E-state index is 10.0. The Labute approximate surface area is 52.2 Å². The van der Waals surface area contributed by atoms with Crippen molar-refractivity contribution < 1.29 is 14.6 Å². The molecule has 3 heteroatoms. The van der Waals surface area contributed by atoms with Gasteiger partial charge in [-0.15, -0.1) is 0 Å². The molecule has 0 atom stereocenters. The van der Waals surface area contributed by atoms with Crippen LogP contribution in [0.25, 0.3) is 0 Å². The number of carbonyl (C=O) groups is 1. The lowest BCUT2D eigenvalue weighted by Gasteiger charge is -2.07. The molecule has 0 spiro atoms. The van der Waals surface area contributed by atoms with Gasteiger partial charge in [-0.25, -0.2) is 0 Å². The Balaban J connectivity index is 2.69. The van der Waals surface area contributed by atoms with Gasteiger partial charge in [0.2, 0.25) is 0 Å². The van der Waals surface area contributed by atoms with Crippen LogP contribution in [0.4, 0.5) is 0 Å². The number of carbonyl (C=O) groups excluding carboxylic acids is 1. The predicted octanol–water partition coefficient (Wildman–Crippen LogP) is -0.793. The molecule has 0 saturated heterocycles. The van der Waals surface area contributed by atoms with E-state index in [0.717, 1.165) is 0 Å². The van der Waals surface area contributed by atoms with Gasteiger partial charge in [0.25, 0.3) is 0 Å². The number of rotatable bonds is 1. The van der Waals surface area contributed by atoms with Crippen molar-refractivity contribution in [3.8, 4) is 0 Å². The lowest BCUT2D eigenvalue weighted by molar-refractivity contribution is -0.298. The zero-order valence-electron chi connectivity index (χ0n) is 4.66. The largest absolute Gasteiger partial charge is 0.545 e. The number of ether oxygens (including phenoxy) is 1. The zero-order valence-corrected chi connectivity index (χ0v) is 4.66. The highest BCUT2D eigenvalue weighted by molar-refractivity contribution is 5.87. The summed E-state index contributed by atoms with van der Waals surface area (Å²) in [4.78, 5) is 10.0. The van der Waals surface area contributed by atoms with E-state index in [0.29, 0.717) is 6.61 Å². The van der Waals surface area contributed by atoms with E-state index in [4.69, 9.17) is 0 Å². The molecule has 9 heavy (non-hydrogen) atoms. The van der Waals surface area contributed by atoms with Gasteiger partial charge < -0.3 is 14.6 Å². The fourth-order valence-corrected chi connectivity index (χ4v) is 0.524. The second kappa shape index (κ2) is 2.35. The first-order valence-corrected chi connectivity index (χ1v) is 2.50. The van der Waals surface area contributed by atoms with Crippen molar-refractivity contribution in [3.05, 3.63) is 24.0 Å². The molecule has 1 heterocycles. The molecule has 1 rings (SSSR count). The first-order valence-electron chi connectivity index (χ1n) is 2.50. The highest BCUT2D eigenvalue weighted by atomic mass is 16.5. The third-order valence-electron chi connectivity index (χ3n) is 0.936. The number of aliphatic carboxylic acids is 1. The van der Waals surface area contributed by atoms with Crippen molar-refractivity contribution in [3.63, 3.8) is 0 Å². The standard InChI is InChI=1S/C6H6O3/c7-6(8)5-2-1-3-9-4-5/h1-2,4H,3H2,(H,7,8)/p-1. The van der Waals surface area contributed by atoms with Crippen LogP contribution in [-0.4, -0.2) is 12.6 Å². The van der Waals surface area contributed by atoms with Gasteiger partial charge in [-0.3, -0.25) is 0 Å². The Hall–Kier alpha value is -1.25. The highest BCUT2D eigenvalue weighted by Crippen LogP contribution is 2.00. The first kappa shape index (κ1) is 5.88. The van der Waals surface area contributed by atoms with Crippen LogP contribution >= 0.6 is 0 Å². The minimum absolute atomic E-state index is 0.0845. The zero-order chi connectivity index (χ0) is 6.69. The van der Waals surface area contributed by atoms with E-state index in [-0.39, 0.29) is 5.57 Å². The molecule has 0 aliphatic carbocycles. The summed E-state index contributed by atoms with van der Waals surface area (Å²) in [6.45, 7) is 0.441. The summed E-state index contributed by atoms with van der Waals surface area (Å²) >= 11 is 0. The van der Waals surface area contributed by atoms with Crippen LogP contribution in [-0.2, 0) is 9.53 Å². The number of carboxylic acid groups (broad SMARTS) is 1. The van der Waals surface area contributed by atoms with E-state index in [1.807, 2.05) is 0 Å². The van der Waals surface area contributed by atoms with Gasteiger partial charge in [0.05, 0.1) is 12.2 Å². The molecule has 1 aliphatic rings. The molecule has 1 aliphatic heterocycles. The Morgan fingerprint density at radius 1 is 1.78 bits per heavy atom. The quantitative estimate of drug-likeness (QED) is 0.461. The van der Waals surface area contributed by atoms with Gasteiger partial charge in [0.15, 0.2) is 0 Å². The van der Waals surface area contributed by atoms with Crippen molar-refractivity contribution in [2.75, 3.05) is 6.61 Å². The van der Waals surface area contributed by atoms with E-state index in [2.05, 4.69) is 4.74 Å². The van der Waals surface area contributed by atoms with Crippen LogP contribution in [0.1, 0.15) is 0 Å². The maximum atomic E-state index is 10.0. The average molecular weight is 125 g/mol. The summed E-state index contributed by atoms with van der Waals surface area (Å²) in [7, 11) is 0. The molecular formula is C6H5O3-. The van der Waals surface area contributed by atoms with Crippen molar-refractivity contribution in [2.45, 2.75) is 0 Å². The second-order valence-corrected chi connectivity index (χ2v) is 1.60. The van der Waals surface area contributed by atoms with Crippen LogP contribution in [0.5, 0.6) is 0 Å². The molecule has 0 radical (unpaired) electrons. The van der Waals surface area contributed by atoms with Gasteiger partial charge in [0.1, 0.15) is 6.61 Å². The summed E-state index contributed by atoms with van der Waals surface area (Å²) in [6.07, 6.45) is 4.25. The Morgan fingerprint density at radius 3 is 2.89 bits per heavy atom. The minimum Gasteiger partial charge on any atom is -0.545 e. The van der Waals surface area contributed by atoms with Crippen LogP contribution < -0.4 is 5.11 Å². The van der Waals surface area contributed by atoms with E-state index in [1.54, 1.807) is 6.08 Å².